The second-order valence-electron chi connectivity index (χ2n) is 6.61. The van der Waals surface area contributed by atoms with Gasteiger partial charge in [0.15, 0.2) is 0 Å². The van der Waals surface area contributed by atoms with Gasteiger partial charge in [0.1, 0.15) is 0 Å². The maximum atomic E-state index is 3.87. The van der Waals surface area contributed by atoms with Crippen molar-refractivity contribution in [2.24, 2.45) is 11.8 Å². The fourth-order valence-corrected chi connectivity index (χ4v) is 3.75. The average molecular weight is 252 g/mol. The molecule has 0 spiro atoms. The molecule has 0 aromatic rings. The molecule has 106 valence electrons. The van der Waals surface area contributed by atoms with Gasteiger partial charge < -0.3 is 10.2 Å². The lowest BCUT2D eigenvalue weighted by Gasteiger charge is -2.28. The maximum Gasteiger partial charge on any atom is 0.00798 e. The fourth-order valence-electron chi connectivity index (χ4n) is 3.75. The molecule has 0 aromatic heterocycles. The Balaban J connectivity index is 1.66. The zero-order valence-corrected chi connectivity index (χ0v) is 12.5. The van der Waals surface area contributed by atoms with Gasteiger partial charge in [0.2, 0.25) is 0 Å². The van der Waals surface area contributed by atoms with Gasteiger partial charge in [0.05, 0.1) is 0 Å². The Morgan fingerprint density at radius 3 is 2.72 bits per heavy atom. The summed E-state index contributed by atoms with van der Waals surface area (Å²) < 4.78 is 0. The highest BCUT2D eigenvalue weighted by atomic mass is 15.1. The van der Waals surface area contributed by atoms with Gasteiger partial charge in [-0.2, -0.15) is 0 Å². The zero-order valence-electron chi connectivity index (χ0n) is 12.5. The highest BCUT2D eigenvalue weighted by molar-refractivity contribution is 4.78. The van der Waals surface area contributed by atoms with Gasteiger partial charge in [-0.05, 0) is 70.1 Å². The van der Waals surface area contributed by atoms with Crippen LogP contribution in [0.4, 0.5) is 0 Å². The molecule has 0 bridgehead atoms. The van der Waals surface area contributed by atoms with Gasteiger partial charge in [0, 0.05) is 6.04 Å². The molecule has 2 heteroatoms. The lowest BCUT2D eigenvalue weighted by atomic mass is 9.82. The minimum absolute atomic E-state index is 0.791. The van der Waals surface area contributed by atoms with Crippen molar-refractivity contribution >= 4 is 0 Å². The summed E-state index contributed by atoms with van der Waals surface area (Å²) in [6.07, 6.45) is 9.97. The first-order chi connectivity index (χ1) is 8.78. The SMILES string of the molecule is CCN1CCCC(NCC2CCCC(C)C2)CC1. The molecule has 1 saturated carbocycles. The van der Waals surface area contributed by atoms with E-state index in [-0.39, 0.29) is 0 Å². The van der Waals surface area contributed by atoms with E-state index < -0.39 is 0 Å². The maximum absolute atomic E-state index is 3.87. The van der Waals surface area contributed by atoms with E-state index in [9.17, 15) is 0 Å². The van der Waals surface area contributed by atoms with Gasteiger partial charge in [-0.1, -0.05) is 26.7 Å². The van der Waals surface area contributed by atoms with Gasteiger partial charge in [-0.3, -0.25) is 0 Å². The number of nitrogens with zero attached hydrogens (tertiary/aromatic N) is 1. The molecule has 1 aliphatic heterocycles. The summed E-state index contributed by atoms with van der Waals surface area (Å²) in [6, 6.07) is 0.791. The van der Waals surface area contributed by atoms with E-state index in [4.69, 9.17) is 0 Å². The second kappa shape index (κ2) is 7.49. The molecule has 2 nitrogen and oxygen atoms in total. The van der Waals surface area contributed by atoms with Crippen molar-refractivity contribution in [3.63, 3.8) is 0 Å². The van der Waals surface area contributed by atoms with Gasteiger partial charge in [-0.25, -0.2) is 0 Å². The molecule has 2 rings (SSSR count). The van der Waals surface area contributed by atoms with E-state index in [1.54, 1.807) is 0 Å². The van der Waals surface area contributed by atoms with Crippen LogP contribution in [0, 0.1) is 11.8 Å². The molecule has 0 amide bonds. The van der Waals surface area contributed by atoms with E-state index in [1.165, 1.54) is 71.1 Å². The van der Waals surface area contributed by atoms with E-state index in [2.05, 4.69) is 24.1 Å². The summed E-state index contributed by atoms with van der Waals surface area (Å²) in [4.78, 5) is 2.60. The van der Waals surface area contributed by atoms with Crippen molar-refractivity contribution in [1.29, 1.82) is 0 Å². The summed E-state index contributed by atoms with van der Waals surface area (Å²) in [7, 11) is 0. The zero-order chi connectivity index (χ0) is 12.8. The van der Waals surface area contributed by atoms with Crippen LogP contribution >= 0.6 is 0 Å². The third kappa shape index (κ3) is 4.55. The van der Waals surface area contributed by atoms with Crippen LogP contribution in [0.5, 0.6) is 0 Å². The summed E-state index contributed by atoms with van der Waals surface area (Å²) in [5.74, 6) is 1.93. The molecule has 2 fully saturated rings. The van der Waals surface area contributed by atoms with Crippen molar-refractivity contribution in [1.82, 2.24) is 10.2 Å². The van der Waals surface area contributed by atoms with Gasteiger partial charge >= 0.3 is 0 Å². The Labute approximate surface area is 114 Å². The van der Waals surface area contributed by atoms with Crippen molar-refractivity contribution in [2.75, 3.05) is 26.2 Å². The number of hydrogen-bond donors (Lipinski definition) is 1. The highest BCUT2D eigenvalue weighted by Gasteiger charge is 2.21. The lowest BCUT2D eigenvalue weighted by molar-refractivity contribution is 0.260. The first kappa shape index (κ1) is 14.3. The van der Waals surface area contributed by atoms with Gasteiger partial charge in [-0.15, -0.1) is 0 Å². The van der Waals surface area contributed by atoms with E-state index in [0.29, 0.717) is 0 Å². The Kier molecular flexibility index (Phi) is 5.97. The molecule has 3 unspecified atom stereocenters. The number of nitrogens with one attached hydrogen (secondary N) is 1. The highest BCUT2D eigenvalue weighted by Crippen LogP contribution is 2.28. The largest absolute Gasteiger partial charge is 0.314 e. The van der Waals surface area contributed by atoms with Crippen LogP contribution < -0.4 is 5.32 Å². The molecular formula is C16H32N2. The Bertz CT molecular complexity index is 229. The summed E-state index contributed by atoms with van der Waals surface area (Å²) in [5, 5.41) is 3.87. The first-order valence-electron chi connectivity index (χ1n) is 8.23. The summed E-state index contributed by atoms with van der Waals surface area (Å²) in [6.45, 7) is 9.84. The van der Waals surface area contributed by atoms with Crippen molar-refractivity contribution in [3.05, 3.63) is 0 Å². The van der Waals surface area contributed by atoms with Crippen LogP contribution in [0.15, 0.2) is 0 Å². The molecule has 3 atom stereocenters. The minimum atomic E-state index is 0.791. The summed E-state index contributed by atoms with van der Waals surface area (Å²) in [5.41, 5.74) is 0. The predicted molar refractivity (Wildman–Crippen MR) is 78.9 cm³/mol. The van der Waals surface area contributed by atoms with E-state index in [1.807, 2.05) is 0 Å². The minimum Gasteiger partial charge on any atom is -0.314 e. The monoisotopic (exact) mass is 252 g/mol. The predicted octanol–water partition coefficient (Wildman–Crippen LogP) is 3.28. The van der Waals surface area contributed by atoms with Crippen LogP contribution in [0.3, 0.4) is 0 Å². The van der Waals surface area contributed by atoms with Gasteiger partial charge in [0.25, 0.3) is 0 Å². The smallest absolute Gasteiger partial charge is 0.00798 e. The standard InChI is InChI=1S/C16H32N2/c1-3-18-10-5-8-16(9-11-18)17-13-15-7-4-6-14(2)12-15/h14-17H,3-13H2,1-2H3. The van der Waals surface area contributed by atoms with Crippen LogP contribution in [0.1, 0.15) is 58.8 Å². The number of rotatable bonds is 4. The quantitative estimate of drug-likeness (QED) is 0.826. The van der Waals surface area contributed by atoms with Crippen LogP contribution in [0.25, 0.3) is 0 Å². The Hall–Kier alpha value is -0.0800. The normalized spacial score (nSPS) is 35.3. The van der Waals surface area contributed by atoms with E-state index in [0.717, 1.165) is 17.9 Å². The molecule has 1 N–H and O–H groups in total. The Morgan fingerprint density at radius 1 is 1.06 bits per heavy atom. The fraction of sp³-hybridized carbons (Fsp3) is 1.00. The molecule has 18 heavy (non-hydrogen) atoms. The van der Waals surface area contributed by atoms with Crippen molar-refractivity contribution in [3.8, 4) is 0 Å². The van der Waals surface area contributed by atoms with Crippen molar-refractivity contribution in [2.45, 2.75) is 64.8 Å². The van der Waals surface area contributed by atoms with Crippen molar-refractivity contribution < 1.29 is 0 Å². The molecule has 0 radical (unpaired) electrons. The lowest BCUT2D eigenvalue weighted by Crippen LogP contribution is -2.35. The number of hydrogen-bond acceptors (Lipinski definition) is 2. The average Bonchev–Trinajstić information content (AvgIpc) is 2.61. The molecule has 0 aromatic carbocycles. The number of likely N-dealkylation sites (tertiary alicyclic amines) is 1. The molecule has 1 saturated heterocycles. The second-order valence-corrected chi connectivity index (χ2v) is 6.61. The van der Waals surface area contributed by atoms with E-state index >= 15 is 0 Å². The third-order valence-corrected chi connectivity index (χ3v) is 5.01. The molecular weight excluding hydrogens is 220 g/mol. The first-order valence-corrected chi connectivity index (χ1v) is 8.23. The molecule has 1 heterocycles. The topological polar surface area (TPSA) is 15.3 Å². The van der Waals surface area contributed by atoms with Crippen LogP contribution in [-0.4, -0.2) is 37.1 Å². The molecule has 1 aliphatic carbocycles. The molecule has 2 aliphatic rings. The van der Waals surface area contributed by atoms with Crippen LogP contribution in [0.2, 0.25) is 0 Å². The Morgan fingerprint density at radius 2 is 1.94 bits per heavy atom. The summed E-state index contributed by atoms with van der Waals surface area (Å²) >= 11 is 0. The third-order valence-electron chi connectivity index (χ3n) is 5.01. The van der Waals surface area contributed by atoms with Crippen LogP contribution in [-0.2, 0) is 0 Å².